The van der Waals surface area contributed by atoms with Gasteiger partial charge in [0.25, 0.3) is 0 Å². The Labute approximate surface area is 242 Å². The lowest BCUT2D eigenvalue weighted by atomic mass is 9.59. The largest absolute Gasteiger partial charge is 0.490 e. The van der Waals surface area contributed by atoms with Crippen molar-refractivity contribution in [1.29, 1.82) is 0 Å². The molecule has 1 fully saturated rings. The number of pyridine rings is 1. The molecule has 1 spiro atoms. The number of anilines is 1. The van der Waals surface area contributed by atoms with E-state index in [9.17, 15) is 9.90 Å². The normalized spacial score (nSPS) is 26.6. The van der Waals surface area contributed by atoms with Crippen LogP contribution in [0.1, 0.15) is 74.8 Å². The quantitative estimate of drug-likeness (QED) is 0.297. The fourth-order valence-electron chi connectivity index (χ4n) is 7.71. The summed E-state index contributed by atoms with van der Waals surface area (Å²) in [7, 11) is 0. The lowest BCUT2D eigenvalue weighted by Gasteiger charge is -2.47. The molecule has 1 unspecified atom stereocenters. The summed E-state index contributed by atoms with van der Waals surface area (Å²) in [6.07, 6.45) is 10.1. The molecular weight excluding hydrogens is 520 g/mol. The highest BCUT2D eigenvalue weighted by Crippen LogP contribution is 2.56. The highest BCUT2D eigenvalue weighted by molar-refractivity contribution is 6.30. The van der Waals surface area contributed by atoms with Crippen LogP contribution in [0, 0.1) is 11.8 Å². The lowest BCUT2D eigenvalue weighted by molar-refractivity contribution is -0.144. The minimum absolute atomic E-state index is 0.0164. The van der Waals surface area contributed by atoms with Crippen LogP contribution >= 0.6 is 11.6 Å². The van der Waals surface area contributed by atoms with Gasteiger partial charge in [0.15, 0.2) is 0 Å². The summed E-state index contributed by atoms with van der Waals surface area (Å²) in [5, 5.41) is 14.4. The molecule has 6 rings (SSSR count). The summed E-state index contributed by atoms with van der Waals surface area (Å²) >= 11 is 6.21. The van der Waals surface area contributed by atoms with Gasteiger partial charge >= 0.3 is 5.97 Å². The van der Waals surface area contributed by atoms with Crippen molar-refractivity contribution in [2.24, 2.45) is 11.8 Å². The summed E-state index contributed by atoms with van der Waals surface area (Å²) in [5.41, 5.74) is 5.07. The molecular formula is C34H39ClN2O3. The van der Waals surface area contributed by atoms with Gasteiger partial charge < -0.3 is 15.2 Å². The van der Waals surface area contributed by atoms with Crippen molar-refractivity contribution in [2.75, 3.05) is 5.32 Å². The van der Waals surface area contributed by atoms with Crippen molar-refractivity contribution in [2.45, 2.75) is 88.7 Å². The molecule has 0 bridgehead atoms. The maximum absolute atomic E-state index is 12.7. The zero-order valence-corrected chi connectivity index (χ0v) is 24.2. The molecule has 210 valence electrons. The van der Waals surface area contributed by atoms with Gasteiger partial charge in [0, 0.05) is 28.2 Å². The number of hydrogen-bond acceptors (Lipinski definition) is 4. The van der Waals surface area contributed by atoms with E-state index in [-0.39, 0.29) is 11.5 Å². The number of carboxylic acids is 1. The maximum atomic E-state index is 12.7. The van der Waals surface area contributed by atoms with E-state index < -0.39 is 11.5 Å². The highest BCUT2D eigenvalue weighted by Gasteiger charge is 2.54. The molecule has 40 heavy (non-hydrogen) atoms. The average Bonchev–Trinajstić information content (AvgIpc) is 3.54. The van der Waals surface area contributed by atoms with Crippen molar-refractivity contribution in [3.05, 3.63) is 88.2 Å². The zero-order chi connectivity index (χ0) is 27.9. The van der Waals surface area contributed by atoms with Crippen molar-refractivity contribution in [3.8, 4) is 5.75 Å². The molecule has 0 saturated heterocycles. The first-order chi connectivity index (χ1) is 19.3. The minimum atomic E-state index is -0.998. The number of nitrogens with zero attached hydrogens (tertiary/aromatic N) is 1. The fourth-order valence-corrected chi connectivity index (χ4v) is 7.90. The number of hydrogen-bond donors (Lipinski definition) is 2. The van der Waals surface area contributed by atoms with E-state index in [0.717, 1.165) is 56.4 Å². The third-order valence-electron chi connectivity index (χ3n) is 10.1. The van der Waals surface area contributed by atoms with E-state index in [1.54, 1.807) is 0 Å². The predicted octanol–water partition coefficient (Wildman–Crippen LogP) is 7.64. The number of aryl methyl sites for hydroxylation is 1. The van der Waals surface area contributed by atoms with Gasteiger partial charge in [-0.2, -0.15) is 0 Å². The van der Waals surface area contributed by atoms with Gasteiger partial charge in [0.05, 0.1) is 6.10 Å². The van der Waals surface area contributed by atoms with Crippen LogP contribution in [0.3, 0.4) is 0 Å². The first-order valence-electron chi connectivity index (χ1n) is 14.8. The van der Waals surface area contributed by atoms with E-state index in [1.165, 1.54) is 22.4 Å². The summed E-state index contributed by atoms with van der Waals surface area (Å²) in [6.45, 7) is 4.51. The topological polar surface area (TPSA) is 71.5 Å². The third-order valence-corrected chi connectivity index (χ3v) is 10.4. The Hall–Kier alpha value is -3.05. The Morgan fingerprint density at radius 1 is 1.10 bits per heavy atom. The smallest absolute Gasteiger partial charge is 0.329 e. The number of aliphatic carboxylic acids is 1. The number of nitrogens with one attached hydrogen (secondary N) is 1. The van der Waals surface area contributed by atoms with Crippen molar-refractivity contribution < 1.29 is 14.6 Å². The van der Waals surface area contributed by atoms with E-state index in [0.29, 0.717) is 29.7 Å². The molecule has 0 radical (unpaired) electrons. The molecule has 3 aromatic rings. The molecule has 2 aromatic carbocycles. The SMILES string of the molecule is C[C@H](CC1Cc2ccccc2C12CCC(Nc1cccc(Cl)c1)(C(=O)O)CC2)[C@@H](C)Oc1ccnc2c1CCC2. The van der Waals surface area contributed by atoms with Crippen molar-refractivity contribution >= 4 is 23.3 Å². The Kier molecular flexibility index (Phi) is 7.28. The van der Waals surface area contributed by atoms with Crippen LogP contribution in [0.5, 0.6) is 5.75 Å². The highest BCUT2D eigenvalue weighted by atomic mass is 35.5. The van der Waals surface area contributed by atoms with Crippen molar-refractivity contribution in [1.82, 2.24) is 4.98 Å². The molecule has 2 N–H and O–H groups in total. The molecule has 3 aliphatic carbocycles. The van der Waals surface area contributed by atoms with Crippen LogP contribution in [-0.2, 0) is 29.5 Å². The molecule has 3 aliphatic rings. The number of benzene rings is 2. The van der Waals surface area contributed by atoms with E-state index >= 15 is 0 Å². The summed E-state index contributed by atoms with van der Waals surface area (Å²) in [4.78, 5) is 17.3. The Morgan fingerprint density at radius 2 is 1.90 bits per heavy atom. The van der Waals surface area contributed by atoms with Crippen LogP contribution in [0.15, 0.2) is 60.8 Å². The summed E-state index contributed by atoms with van der Waals surface area (Å²) in [5.74, 6) is 1.02. The van der Waals surface area contributed by atoms with Gasteiger partial charge in [-0.3, -0.25) is 4.98 Å². The van der Waals surface area contributed by atoms with Crippen LogP contribution in [0.25, 0.3) is 0 Å². The van der Waals surface area contributed by atoms with Gasteiger partial charge in [-0.05, 0) is 117 Å². The van der Waals surface area contributed by atoms with Crippen molar-refractivity contribution in [3.63, 3.8) is 0 Å². The average molecular weight is 559 g/mol. The van der Waals surface area contributed by atoms with Crippen LogP contribution in [0.4, 0.5) is 5.69 Å². The second-order valence-corrected chi connectivity index (χ2v) is 12.8. The van der Waals surface area contributed by atoms with Crippen LogP contribution in [0.2, 0.25) is 5.02 Å². The monoisotopic (exact) mass is 558 g/mol. The standard InChI is InChI=1S/C34H39ClN2O3/c1-22(23(2)40-31-13-18-36-30-12-6-10-28(30)31)19-25-20-24-7-3-4-11-29(24)33(25)14-16-34(17-15-33,32(38)39)37-27-9-5-8-26(35)21-27/h3-5,7-9,11,13,18,21-23,25,37H,6,10,12,14-17,19-20H2,1-2H3,(H,38,39)/t22-,23-,25?,33?,34?/m1/s1. The van der Waals surface area contributed by atoms with Gasteiger partial charge in [0.2, 0.25) is 0 Å². The van der Waals surface area contributed by atoms with Gasteiger partial charge in [-0.15, -0.1) is 0 Å². The Balaban J connectivity index is 1.22. The Bertz CT molecular complexity index is 1400. The predicted molar refractivity (Wildman–Crippen MR) is 159 cm³/mol. The van der Waals surface area contributed by atoms with E-state index in [1.807, 2.05) is 36.5 Å². The number of aromatic nitrogens is 1. The molecule has 1 saturated carbocycles. The summed E-state index contributed by atoms with van der Waals surface area (Å²) < 4.78 is 6.58. The molecule has 3 atom stereocenters. The molecule has 1 heterocycles. The second kappa shape index (κ2) is 10.7. The number of carbonyl (C=O) groups is 1. The van der Waals surface area contributed by atoms with Crippen LogP contribution in [-0.4, -0.2) is 27.7 Å². The number of ether oxygens (including phenoxy) is 1. The number of carboxylic acid groups (broad SMARTS) is 1. The third kappa shape index (κ3) is 4.87. The molecule has 0 aliphatic heterocycles. The first-order valence-corrected chi connectivity index (χ1v) is 15.2. The van der Waals surface area contributed by atoms with Gasteiger partial charge in [-0.25, -0.2) is 4.79 Å². The van der Waals surface area contributed by atoms with E-state index in [4.69, 9.17) is 16.3 Å². The fraction of sp³-hybridized carbons (Fsp3) is 0.471. The number of fused-ring (bicyclic) bond motifs is 3. The number of halogens is 1. The lowest BCUT2D eigenvalue weighted by Crippen LogP contribution is -2.53. The number of rotatable bonds is 8. The minimum Gasteiger partial charge on any atom is -0.490 e. The Morgan fingerprint density at radius 3 is 2.67 bits per heavy atom. The van der Waals surface area contributed by atoms with Crippen LogP contribution < -0.4 is 10.1 Å². The summed E-state index contributed by atoms with van der Waals surface area (Å²) in [6, 6.07) is 18.2. The molecule has 0 amide bonds. The molecule has 6 heteroatoms. The second-order valence-electron chi connectivity index (χ2n) is 12.4. The van der Waals surface area contributed by atoms with Gasteiger partial charge in [-0.1, -0.05) is 48.9 Å². The molecule has 5 nitrogen and oxygen atoms in total. The first kappa shape index (κ1) is 27.1. The van der Waals surface area contributed by atoms with Gasteiger partial charge in [0.1, 0.15) is 11.3 Å². The maximum Gasteiger partial charge on any atom is 0.329 e. The zero-order valence-electron chi connectivity index (χ0n) is 23.5. The van der Waals surface area contributed by atoms with E-state index in [2.05, 4.69) is 48.4 Å². The molecule has 1 aromatic heterocycles.